The van der Waals surface area contributed by atoms with Crippen LogP contribution in [0.25, 0.3) is 16.7 Å². The van der Waals surface area contributed by atoms with Crippen molar-refractivity contribution in [2.24, 2.45) is 0 Å². The lowest BCUT2D eigenvalue weighted by Gasteiger charge is -2.15. The molecule has 0 aliphatic heterocycles. The largest absolute Gasteiger partial charge is 0.310 e. The fraction of sp³-hybridized carbons (Fsp3) is 0.318. The lowest BCUT2D eigenvalue weighted by Crippen LogP contribution is -2.32. The highest BCUT2D eigenvalue weighted by Gasteiger charge is 2.18. The summed E-state index contributed by atoms with van der Waals surface area (Å²) in [6.45, 7) is 4.55. The monoisotopic (exact) mass is 436 g/mol. The molecule has 9 heteroatoms. The van der Waals surface area contributed by atoms with Gasteiger partial charge < -0.3 is 4.57 Å². The smallest absolute Gasteiger partial charge is 0.267 e. The number of pyridine rings is 2. The molecular formula is C22H24N6O2S. The summed E-state index contributed by atoms with van der Waals surface area (Å²) < 4.78 is 3.18. The summed E-state index contributed by atoms with van der Waals surface area (Å²) >= 11 is 1.30. The second kappa shape index (κ2) is 8.81. The Bertz CT molecular complexity index is 1370. The summed E-state index contributed by atoms with van der Waals surface area (Å²) in [7, 11) is 0. The summed E-state index contributed by atoms with van der Waals surface area (Å²) in [5.41, 5.74) is 1.78. The third kappa shape index (κ3) is 4.00. The van der Waals surface area contributed by atoms with Crippen molar-refractivity contribution in [3.63, 3.8) is 0 Å². The molecule has 4 aromatic rings. The van der Waals surface area contributed by atoms with Gasteiger partial charge in [-0.1, -0.05) is 32.3 Å². The van der Waals surface area contributed by atoms with E-state index in [0.29, 0.717) is 28.4 Å². The van der Waals surface area contributed by atoms with Crippen molar-refractivity contribution >= 4 is 39.1 Å². The normalized spacial score (nSPS) is 11.3. The highest BCUT2D eigenvalue weighted by Crippen LogP contribution is 2.16. The van der Waals surface area contributed by atoms with Gasteiger partial charge in [0, 0.05) is 24.3 Å². The molecule has 0 aromatic carbocycles. The average molecular weight is 437 g/mol. The number of carbonyl (C=O) groups excluding carboxylic acids is 1. The van der Waals surface area contributed by atoms with Crippen LogP contribution >= 0.6 is 11.3 Å². The van der Waals surface area contributed by atoms with Crippen LogP contribution in [0.5, 0.6) is 0 Å². The minimum Gasteiger partial charge on any atom is -0.310 e. The maximum Gasteiger partial charge on any atom is 0.267 e. The number of hydrogen-bond acceptors (Lipinski definition) is 6. The van der Waals surface area contributed by atoms with Crippen LogP contribution in [0, 0.1) is 12.3 Å². The molecule has 0 saturated heterocycles. The Kier molecular flexibility index (Phi) is 5.94. The third-order valence-electron chi connectivity index (χ3n) is 5.27. The molecule has 0 bridgehead atoms. The molecule has 0 aliphatic rings. The van der Waals surface area contributed by atoms with E-state index in [9.17, 15) is 9.59 Å². The van der Waals surface area contributed by atoms with Gasteiger partial charge in [0.2, 0.25) is 0 Å². The van der Waals surface area contributed by atoms with E-state index in [-0.39, 0.29) is 16.6 Å². The van der Waals surface area contributed by atoms with Crippen LogP contribution < -0.4 is 16.4 Å². The molecule has 31 heavy (non-hydrogen) atoms. The van der Waals surface area contributed by atoms with E-state index < -0.39 is 5.91 Å². The second-order valence-electron chi connectivity index (χ2n) is 7.45. The number of hydrogen-bond donors (Lipinski definition) is 2. The number of rotatable bonds is 7. The van der Waals surface area contributed by atoms with E-state index >= 15 is 0 Å². The summed E-state index contributed by atoms with van der Waals surface area (Å²) in [5.74, 6) is -0.460. The van der Waals surface area contributed by atoms with Crippen molar-refractivity contribution in [2.45, 2.75) is 46.1 Å². The van der Waals surface area contributed by atoms with Crippen molar-refractivity contribution in [3.05, 3.63) is 62.9 Å². The van der Waals surface area contributed by atoms with Crippen LogP contribution in [0.2, 0.25) is 0 Å². The van der Waals surface area contributed by atoms with Crippen LogP contribution in [-0.4, -0.2) is 24.8 Å². The molecule has 0 spiro atoms. The molecule has 160 valence electrons. The minimum atomic E-state index is -0.460. The van der Waals surface area contributed by atoms with Gasteiger partial charge in [-0.15, -0.1) is 11.3 Å². The van der Waals surface area contributed by atoms with E-state index in [1.807, 2.05) is 13.0 Å². The van der Waals surface area contributed by atoms with Crippen molar-refractivity contribution in [2.75, 3.05) is 5.32 Å². The third-order valence-corrected chi connectivity index (χ3v) is 5.95. The molecule has 0 radical (unpaired) electrons. The van der Waals surface area contributed by atoms with E-state index in [1.165, 1.54) is 21.8 Å². The number of aryl methyl sites for hydroxylation is 2. The topological polar surface area (TPSA) is 105 Å². The molecule has 0 saturated carbocycles. The van der Waals surface area contributed by atoms with E-state index in [4.69, 9.17) is 10.4 Å². The molecule has 2 N–H and O–H groups in total. The average Bonchev–Trinajstić information content (AvgIpc) is 3.26. The molecule has 4 aromatic heterocycles. The van der Waals surface area contributed by atoms with Gasteiger partial charge >= 0.3 is 0 Å². The first-order valence-corrected chi connectivity index (χ1v) is 11.2. The lowest BCUT2D eigenvalue weighted by molar-refractivity contribution is 0.102. The Hall–Kier alpha value is -3.33. The molecule has 0 aliphatic carbocycles. The number of carbonyl (C=O) groups is 1. The van der Waals surface area contributed by atoms with Crippen LogP contribution in [0.1, 0.15) is 48.5 Å². The standard InChI is InChI=1S/C22H24N6O2S/c1-3-4-5-6-10-27-17(23)15(20(29)26-22-24-9-12-31-22)13-16-19(27)25-18-14(2)8-7-11-28(18)21(16)30/h7-9,11-13,23H,3-6,10H2,1-2H3,(H,24,26,29). The van der Waals surface area contributed by atoms with Gasteiger partial charge in [-0.25, -0.2) is 9.97 Å². The first-order valence-electron chi connectivity index (χ1n) is 10.3. The zero-order valence-corrected chi connectivity index (χ0v) is 18.3. The number of amides is 1. The molecule has 0 fully saturated rings. The van der Waals surface area contributed by atoms with Gasteiger partial charge in [-0.05, 0) is 31.0 Å². The fourth-order valence-electron chi connectivity index (χ4n) is 3.63. The Labute approximate surface area is 182 Å². The highest BCUT2D eigenvalue weighted by atomic mass is 32.1. The molecule has 0 unspecified atom stereocenters. The quantitative estimate of drug-likeness (QED) is 0.340. The number of unbranched alkanes of at least 4 members (excludes halogenated alkanes) is 3. The Balaban J connectivity index is 1.92. The van der Waals surface area contributed by atoms with Gasteiger partial charge in [0.1, 0.15) is 16.8 Å². The van der Waals surface area contributed by atoms with Crippen LogP contribution in [0.3, 0.4) is 0 Å². The first kappa shape index (κ1) is 20.9. The molecular weight excluding hydrogens is 412 g/mol. The highest BCUT2D eigenvalue weighted by molar-refractivity contribution is 7.13. The zero-order chi connectivity index (χ0) is 22.0. The number of nitrogens with zero attached hydrogens (tertiary/aromatic N) is 4. The summed E-state index contributed by atoms with van der Waals surface area (Å²) in [6.07, 6.45) is 7.30. The minimum absolute atomic E-state index is 0.0443. The van der Waals surface area contributed by atoms with Crippen molar-refractivity contribution in [1.82, 2.24) is 18.9 Å². The van der Waals surface area contributed by atoms with Crippen LogP contribution in [-0.2, 0) is 6.54 Å². The lowest BCUT2D eigenvalue weighted by atomic mass is 10.1. The number of thiazole rings is 1. The Morgan fingerprint density at radius 3 is 2.84 bits per heavy atom. The molecule has 4 rings (SSSR count). The van der Waals surface area contributed by atoms with Gasteiger partial charge in [-0.3, -0.25) is 24.7 Å². The van der Waals surface area contributed by atoms with E-state index in [2.05, 4.69) is 17.2 Å². The summed E-state index contributed by atoms with van der Waals surface area (Å²) in [4.78, 5) is 35.0. The predicted molar refractivity (Wildman–Crippen MR) is 122 cm³/mol. The number of nitrogens with one attached hydrogen (secondary N) is 2. The van der Waals surface area contributed by atoms with Crippen LogP contribution in [0.15, 0.2) is 40.8 Å². The van der Waals surface area contributed by atoms with Crippen molar-refractivity contribution in [3.8, 4) is 0 Å². The van der Waals surface area contributed by atoms with Gasteiger partial charge in [0.05, 0.1) is 10.9 Å². The number of aromatic nitrogens is 4. The van der Waals surface area contributed by atoms with Crippen molar-refractivity contribution < 1.29 is 4.79 Å². The molecule has 1 amide bonds. The van der Waals surface area contributed by atoms with Gasteiger partial charge in [-0.2, -0.15) is 0 Å². The van der Waals surface area contributed by atoms with Crippen molar-refractivity contribution in [1.29, 1.82) is 5.41 Å². The van der Waals surface area contributed by atoms with Gasteiger partial charge in [0.15, 0.2) is 5.13 Å². The summed E-state index contributed by atoms with van der Waals surface area (Å²) in [5, 5.41) is 14.0. The first-order chi connectivity index (χ1) is 15.0. The Morgan fingerprint density at radius 2 is 2.10 bits per heavy atom. The van der Waals surface area contributed by atoms with E-state index in [1.54, 1.807) is 28.4 Å². The SMILES string of the molecule is CCCCCCn1c(=N)c(C(=O)Nc2nccs2)cc2c(=O)n3cccc(C)c3nc21. The van der Waals surface area contributed by atoms with Crippen LogP contribution in [0.4, 0.5) is 5.13 Å². The maximum atomic E-state index is 13.3. The fourth-order valence-corrected chi connectivity index (χ4v) is 4.16. The van der Waals surface area contributed by atoms with E-state index in [0.717, 1.165) is 31.2 Å². The molecule has 0 atom stereocenters. The molecule has 8 nitrogen and oxygen atoms in total. The number of anilines is 1. The summed E-state index contributed by atoms with van der Waals surface area (Å²) in [6, 6.07) is 5.18. The number of fused-ring (bicyclic) bond motifs is 2. The molecule has 4 heterocycles. The predicted octanol–water partition coefficient (Wildman–Crippen LogP) is 3.73. The maximum absolute atomic E-state index is 13.3. The Morgan fingerprint density at radius 1 is 1.26 bits per heavy atom. The van der Waals surface area contributed by atoms with Gasteiger partial charge in [0.25, 0.3) is 11.5 Å². The second-order valence-corrected chi connectivity index (χ2v) is 8.34. The zero-order valence-electron chi connectivity index (χ0n) is 17.5.